The maximum Gasteiger partial charge on any atom is 0.219 e. The monoisotopic (exact) mass is 400 g/mol. The first-order valence-corrected chi connectivity index (χ1v) is 10.2. The number of pyridine rings is 2. The first-order chi connectivity index (χ1) is 13.6. The number of piperidine rings is 1. The second kappa shape index (κ2) is 8.45. The number of ether oxygens (including phenoxy) is 1. The molecule has 2 aromatic heterocycles. The van der Waals surface area contributed by atoms with Crippen molar-refractivity contribution < 1.29 is 9.53 Å². The molecule has 0 atom stereocenters. The summed E-state index contributed by atoms with van der Waals surface area (Å²) in [5, 5.41) is 4.00. The van der Waals surface area contributed by atoms with Gasteiger partial charge in [-0.3, -0.25) is 9.78 Å². The molecule has 4 heterocycles. The van der Waals surface area contributed by atoms with Crippen molar-refractivity contribution in [1.82, 2.24) is 14.9 Å². The van der Waals surface area contributed by atoms with E-state index in [2.05, 4.69) is 21.4 Å². The van der Waals surface area contributed by atoms with E-state index in [1.807, 2.05) is 11.1 Å². The van der Waals surface area contributed by atoms with E-state index < -0.39 is 0 Å². The fourth-order valence-corrected chi connectivity index (χ4v) is 4.09. The first kappa shape index (κ1) is 19.2. The van der Waals surface area contributed by atoms with Gasteiger partial charge in [0.05, 0.1) is 17.7 Å². The lowest BCUT2D eigenvalue weighted by Gasteiger charge is -2.31. The van der Waals surface area contributed by atoms with E-state index in [0.29, 0.717) is 11.6 Å². The third-order valence-electron chi connectivity index (χ3n) is 5.51. The quantitative estimate of drug-likeness (QED) is 0.847. The number of aromatic nitrogens is 2. The van der Waals surface area contributed by atoms with Crippen molar-refractivity contribution in [3.05, 3.63) is 40.8 Å². The molecule has 7 heteroatoms. The minimum Gasteiger partial charge on any atom is -0.373 e. The van der Waals surface area contributed by atoms with E-state index >= 15 is 0 Å². The average Bonchev–Trinajstić information content (AvgIpc) is 2.73. The Hall–Kier alpha value is -2.18. The molecule has 2 aliphatic rings. The highest BCUT2D eigenvalue weighted by Crippen LogP contribution is 2.33. The Kier molecular flexibility index (Phi) is 5.78. The van der Waals surface area contributed by atoms with Crippen LogP contribution in [0.1, 0.15) is 37.3 Å². The summed E-state index contributed by atoms with van der Waals surface area (Å²) >= 11 is 6.69. The van der Waals surface area contributed by atoms with Crippen molar-refractivity contribution in [2.24, 2.45) is 0 Å². The molecule has 1 amide bonds. The molecule has 2 aromatic rings. The number of nitrogens with zero attached hydrogens (tertiary/aromatic N) is 3. The van der Waals surface area contributed by atoms with Gasteiger partial charge >= 0.3 is 0 Å². The number of hydrogen-bond acceptors (Lipinski definition) is 5. The molecule has 0 bridgehead atoms. The van der Waals surface area contributed by atoms with Crippen LogP contribution < -0.4 is 5.32 Å². The molecular formula is C21H25ClN4O2. The SMILES string of the molecule is CC(=O)N1CCC(OCc2cncc(-c3cnc4c(c3)CCCN4)c2Cl)CC1. The van der Waals surface area contributed by atoms with Crippen molar-refractivity contribution in [2.75, 3.05) is 25.0 Å². The summed E-state index contributed by atoms with van der Waals surface area (Å²) < 4.78 is 6.07. The molecule has 1 N–H and O–H groups in total. The molecular weight excluding hydrogens is 376 g/mol. The molecule has 0 unspecified atom stereocenters. The van der Waals surface area contributed by atoms with E-state index in [1.54, 1.807) is 19.3 Å². The topological polar surface area (TPSA) is 67.4 Å². The van der Waals surface area contributed by atoms with Crippen LogP contribution in [0, 0.1) is 0 Å². The van der Waals surface area contributed by atoms with E-state index in [9.17, 15) is 4.79 Å². The van der Waals surface area contributed by atoms with E-state index in [4.69, 9.17) is 16.3 Å². The summed E-state index contributed by atoms with van der Waals surface area (Å²) in [6.07, 6.45) is 9.39. The molecule has 1 saturated heterocycles. The number of amides is 1. The standard InChI is InChI=1S/C21H25ClN4O2/c1-14(27)26-7-4-18(5-8-26)28-13-17-10-23-12-19(20(17)22)16-9-15-3-2-6-24-21(15)25-11-16/h9-12,18H,2-8,13H2,1H3,(H,24,25). The van der Waals surface area contributed by atoms with Crippen LogP contribution in [0.25, 0.3) is 11.1 Å². The highest BCUT2D eigenvalue weighted by molar-refractivity contribution is 6.34. The van der Waals surface area contributed by atoms with Gasteiger partial charge in [-0.25, -0.2) is 4.98 Å². The fourth-order valence-electron chi connectivity index (χ4n) is 3.83. The Morgan fingerprint density at radius 1 is 1.32 bits per heavy atom. The van der Waals surface area contributed by atoms with Crippen LogP contribution in [0.3, 0.4) is 0 Å². The summed E-state index contributed by atoms with van der Waals surface area (Å²) in [6.45, 7) is 4.51. The highest BCUT2D eigenvalue weighted by Gasteiger charge is 2.22. The number of halogens is 1. The molecule has 0 spiro atoms. The summed E-state index contributed by atoms with van der Waals surface area (Å²) in [5.41, 5.74) is 3.97. The van der Waals surface area contributed by atoms with Gasteiger partial charge in [0.25, 0.3) is 0 Å². The lowest BCUT2D eigenvalue weighted by atomic mass is 10.0. The predicted octanol–water partition coefficient (Wildman–Crippen LogP) is 3.68. The van der Waals surface area contributed by atoms with Crippen molar-refractivity contribution in [3.63, 3.8) is 0 Å². The Morgan fingerprint density at radius 3 is 2.93 bits per heavy atom. The summed E-state index contributed by atoms with van der Waals surface area (Å²) in [4.78, 5) is 22.2. The molecule has 2 aliphatic heterocycles. The van der Waals surface area contributed by atoms with Crippen LogP contribution in [0.15, 0.2) is 24.7 Å². The van der Waals surface area contributed by atoms with Gasteiger partial charge in [-0.05, 0) is 37.3 Å². The summed E-state index contributed by atoms with van der Waals surface area (Å²) in [7, 11) is 0. The normalized spacial score (nSPS) is 17.1. The van der Waals surface area contributed by atoms with Crippen molar-refractivity contribution in [3.8, 4) is 11.1 Å². The maximum absolute atomic E-state index is 11.4. The fraction of sp³-hybridized carbons (Fsp3) is 0.476. The van der Waals surface area contributed by atoms with E-state index in [-0.39, 0.29) is 12.0 Å². The maximum atomic E-state index is 11.4. The van der Waals surface area contributed by atoms with Crippen LogP contribution in [0.5, 0.6) is 0 Å². The largest absolute Gasteiger partial charge is 0.373 e. The number of hydrogen-bond donors (Lipinski definition) is 1. The number of carbonyl (C=O) groups is 1. The van der Waals surface area contributed by atoms with Gasteiger partial charge in [-0.1, -0.05) is 11.6 Å². The molecule has 0 aromatic carbocycles. The Labute approximate surface area is 170 Å². The third-order valence-corrected chi connectivity index (χ3v) is 5.95. The second-order valence-corrected chi connectivity index (χ2v) is 7.82. The van der Waals surface area contributed by atoms with Gasteiger partial charge in [0.15, 0.2) is 0 Å². The molecule has 1 fully saturated rings. The number of nitrogens with one attached hydrogen (secondary N) is 1. The molecule has 0 aliphatic carbocycles. The van der Waals surface area contributed by atoms with Crippen molar-refractivity contribution in [1.29, 1.82) is 0 Å². The Balaban J connectivity index is 1.45. The first-order valence-electron chi connectivity index (χ1n) is 9.84. The van der Waals surface area contributed by atoms with Gasteiger partial charge in [0, 0.05) is 61.8 Å². The van der Waals surface area contributed by atoms with Crippen molar-refractivity contribution >= 4 is 23.3 Å². The molecule has 0 radical (unpaired) electrons. The number of fused-ring (bicyclic) bond motifs is 1. The van der Waals surface area contributed by atoms with Crippen LogP contribution >= 0.6 is 11.6 Å². The number of likely N-dealkylation sites (tertiary alicyclic amines) is 1. The van der Waals surface area contributed by atoms with Gasteiger partial charge in [-0.2, -0.15) is 0 Å². The summed E-state index contributed by atoms with van der Waals surface area (Å²) in [5.74, 6) is 1.10. The Bertz CT molecular complexity index is 865. The van der Waals surface area contributed by atoms with Crippen LogP contribution in [0.4, 0.5) is 5.82 Å². The van der Waals surface area contributed by atoms with Crippen LogP contribution in [-0.2, 0) is 22.6 Å². The van der Waals surface area contributed by atoms with Gasteiger partial charge in [-0.15, -0.1) is 0 Å². The van der Waals surface area contributed by atoms with Crippen LogP contribution in [-0.4, -0.2) is 46.5 Å². The molecule has 148 valence electrons. The van der Waals surface area contributed by atoms with E-state index in [1.165, 1.54) is 5.56 Å². The minimum absolute atomic E-state index is 0.132. The average molecular weight is 401 g/mol. The predicted molar refractivity (Wildman–Crippen MR) is 109 cm³/mol. The molecule has 4 rings (SSSR count). The lowest BCUT2D eigenvalue weighted by Crippen LogP contribution is -2.39. The third kappa shape index (κ3) is 4.13. The zero-order chi connectivity index (χ0) is 19.5. The lowest BCUT2D eigenvalue weighted by molar-refractivity contribution is -0.131. The van der Waals surface area contributed by atoms with Crippen molar-refractivity contribution in [2.45, 2.75) is 45.3 Å². The van der Waals surface area contributed by atoms with E-state index in [0.717, 1.165) is 67.8 Å². The summed E-state index contributed by atoms with van der Waals surface area (Å²) in [6, 6.07) is 2.15. The molecule has 0 saturated carbocycles. The number of aryl methyl sites for hydroxylation is 1. The zero-order valence-corrected chi connectivity index (χ0v) is 16.8. The molecule has 28 heavy (non-hydrogen) atoms. The number of anilines is 1. The number of rotatable bonds is 4. The smallest absolute Gasteiger partial charge is 0.219 e. The molecule has 6 nitrogen and oxygen atoms in total. The number of carbonyl (C=O) groups excluding carboxylic acids is 1. The van der Waals surface area contributed by atoms with Gasteiger partial charge in [0.1, 0.15) is 5.82 Å². The van der Waals surface area contributed by atoms with Gasteiger partial charge in [0.2, 0.25) is 5.91 Å². The minimum atomic E-state index is 0.132. The van der Waals surface area contributed by atoms with Gasteiger partial charge < -0.3 is 15.0 Å². The Morgan fingerprint density at radius 2 is 2.14 bits per heavy atom. The zero-order valence-electron chi connectivity index (χ0n) is 16.1. The second-order valence-electron chi connectivity index (χ2n) is 7.44. The highest BCUT2D eigenvalue weighted by atomic mass is 35.5. The van der Waals surface area contributed by atoms with Crippen LogP contribution in [0.2, 0.25) is 5.02 Å².